The molecule has 0 amide bonds. The van der Waals surface area contributed by atoms with Gasteiger partial charge in [-0.25, -0.2) is 0 Å². The molecule has 0 aromatic heterocycles. The van der Waals surface area contributed by atoms with Crippen LogP contribution < -0.4 is 0 Å². The van der Waals surface area contributed by atoms with E-state index in [1.807, 2.05) is 0 Å². The van der Waals surface area contributed by atoms with E-state index < -0.39 is 0 Å². The normalized spacial score (nSPS) is 73.4. The Hall–Kier alpha value is -0.330. The lowest BCUT2D eigenvalue weighted by molar-refractivity contribution is -0.140. The SMILES string of the molecule is O=C1[C@@H]2[C@H]3CC[C@H]([C@@H]4[C@@H]5CC[C@H](C5)[C@H]34)[C@@H]2[C@H]2[C@@H]3C[C@@H]([C@H]12)[C@H]1[C@@H]2CC[C@H](C2)[C@H]31. The molecule has 1 heteroatoms. The monoisotopic (exact) mass is 362 g/mol. The summed E-state index contributed by atoms with van der Waals surface area (Å²) in [5, 5.41) is 0. The first-order chi connectivity index (χ1) is 13.3. The zero-order valence-electron chi connectivity index (χ0n) is 16.5. The van der Waals surface area contributed by atoms with Gasteiger partial charge >= 0.3 is 0 Å². The molecule has 0 spiro atoms. The molecule has 10 rings (SSSR count). The minimum atomic E-state index is 0.557. The zero-order valence-corrected chi connectivity index (χ0v) is 16.5. The summed E-state index contributed by atoms with van der Waals surface area (Å²) in [4.78, 5) is 14.0. The molecule has 10 aliphatic carbocycles. The second-order valence-electron chi connectivity index (χ2n) is 13.1. The first-order valence-corrected chi connectivity index (χ1v) is 12.8. The molecule has 1 nitrogen and oxygen atoms in total. The molecule has 0 N–H and O–H groups in total. The van der Waals surface area contributed by atoms with Gasteiger partial charge in [0.15, 0.2) is 0 Å². The Labute approximate surface area is 163 Å². The Morgan fingerprint density at radius 2 is 0.926 bits per heavy atom. The number of fused-ring (bicyclic) bond motifs is 15. The molecule has 8 bridgehead atoms. The van der Waals surface area contributed by atoms with Crippen LogP contribution in [0.25, 0.3) is 0 Å². The van der Waals surface area contributed by atoms with E-state index in [1.54, 1.807) is 25.7 Å². The molecule has 0 heterocycles. The van der Waals surface area contributed by atoms with Gasteiger partial charge in [0.05, 0.1) is 0 Å². The lowest BCUT2D eigenvalue weighted by Crippen LogP contribution is -2.54. The molecule has 10 aliphatic rings. The molecule has 0 aromatic rings. The molecule has 27 heavy (non-hydrogen) atoms. The fourth-order valence-corrected chi connectivity index (χ4v) is 13.5. The molecular formula is C26H34O. The molecule has 0 saturated heterocycles. The first-order valence-electron chi connectivity index (χ1n) is 12.8. The summed E-state index contributed by atoms with van der Waals surface area (Å²) in [5.74, 6) is 15.8. The van der Waals surface area contributed by atoms with Crippen LogP contribution in [0.2, 0.25) is 0 Å². The topological polar surface area (TPSA) is 17.1 Å². The Morgan fingerprint density at radius 1 is 0.444 bits per heavy atom. The standard InChI is InChI=1S/C26H34O/c27-26-24-15-6-5-14(18-10-1-2-11(7-10)19(15)18)22(24)23-16-9-17(25(23)26)21-13-4-3-12(8-13)20(16)21/h10-25H,1-9H2/t10-,11-,12-,13-,14-,15+,16-,17-,18+,19-,20-,21-,22-,23-,24-,25+/m1/s1. The van der Waals surface area contributed by atoms with E-state index in [0.717, 1.165) is 88.6 Å². The van der Waals surface area contributed by atoms with Crippen LogP contribution in [-0.2, 0) is 4.79 Å². The van der Waals surface area contributed by atoms with Crippen molar-refractivity contribution in [3.05, 3.63) is 0 Å². The van der Waals surface area contributed by atoms with Gasteiger partial charge in [-0.15, -0.1) is 0 Å². The smallest absolute Gasteiger partial charge is 0.140 e. The van der Waals surface area contributed by atoms with Crippen LogP contribution in [0.1, 0.15) is 57.8 Å². The summed E-state index contributed by atoms with van der Waals surface area (Å²) in [6.07, 6.45) is 13.7. The molecular weight excluding hydrogens is 328 g/mol. The molecule has 10 saturated carbocycles. The van der Waals surface area contributed by atoms with Crippen LogP contribution in [0.4, 0.5) is 0 Å². The van der Waals surface area contributed by atoms with Gasteiger partial charge in [-0.1, -0.05) is 0 Å². The predicted molar refractivity (Wildman–Crippen MR) is 102 cm³/mol. The van der Waals surface area contributed by atoms with E-state index in [0.29, 0.717) is 11.8 Å². The average Bonchev–Trinajstić information content (AvgIpc) is 3.51. The highest BCUT2D eigenvalue weighted by Crippen LogP contribution is 2.78. The molecule has 0 aromatic carbocycles. The van der Waals surface area contributed by atoms with Crippen LogP contribution in [-0.4, -0.2) is 5.78 Å². The molecule has 10 fully saturated rings. The Balaban J connectivity index is 1.17. The Kier molecular flexibility index (Phi) is 2.38. The van der Waals surface area contributed by atoms with Crippen molar-refractivity contribution >= 4 is 5.78 Å². The summed E-state index contributed by atoms with van der Waals surface area (Å²) < 4.78 is 0. The highest BCUT2D eigenvalue weighted by molar-refractivity contribution is 5.88. The molecule has 144 valence electrons. The van der Waals surface area contributed by atoms with E-state index in [-0.39, 0.29) is 0 Å². The minimum absolute atomic E-state index is 0.557. The Morgan fingerprint density at radius 3 is 1.63 bits per heavy atom. The van der Waals surface area contributed by atoms with Gasteiger partial charge in [0.1, 0.15) is 5.78 Å². The summed E-state index contributed by atoms with van der Waals surface area (Å²) in [5.41, 5.74) is 0. The fraction of sp³-hybridized carbons (Fsp3) is 0.962. The minimum Gasteiger partial charge on any atom is -0.299 e. The summed E-state index contributed by atoms with van der Waals surface area (Å²) in [6.45, 7) is 0. The second kappa shape index (κ2) is 4.39. The van der Waals surface area contributed by atoms with E-state index in [1.165, 1.54) is 32.1 Å². The molecule has 0 radical (unpaired) electrons. The quantitative estimate of drug-likeness (QED) is 0.551. The van der Waals surface area contributed by atoms with Crippen LogP contribution in [0, 0.1) is 94.7 Å². The predicted octanol–water partition coefficient (Wildman–Crippen LogP) is 5.05. The van der Waals surface area contributed by atoms with Crippen LogP contribution in [0.5, 0.6) is 0 Å². The third-order valence-electron chi connectivity index (χ3n) is 13.3. The first kappa shape index (κ1) is 14.6. The van der Waals surface area contributed by atoms with Crippen molar-refractivity contribution in [2.24, 2.45) is 94.7 Å². The van der Waals surface area contributed by atoms with Crippen molar-refractivity contribution in [2.45, 2.75) is 57.8 Å². The highest BCUT2D eigenvalue weighted by Gasteiger charge is 2.76. The number of hydrogen-bond acceptors (Lipinski definition) is 1. The van der Waals surface area contributed by atoms with Crippen LogP contribution >= 0.6 is 0 Å². The molecule has 16 atom stereocenters. The maximum atomic E-state index is 14.0. The summed E-state index contributed by atoms with van der Waals surface area (Å²) in [7, 11) is 0. The number of rotatable bonds is 0. The van der Waals surface area contributed by atoms with Crippen molar-refractivity contribution < 1.29 is 4.79 Å². The maximum Gasteiger partial charge on any atom is 0.140 e. The maximum absolute atomic E-state index is 14.0. The van der Waals surface area contributed by atoms with Crippen molar-refractivity contribution in [2.75, 3.05) is 0 Å². The van der Waals surface area contributed by atoms with E-state index in [4.69, 9.17) is 0 Å². The van der Waals surface area contributed by atoms with Crippen molar-refractivity contribution in [3.63, 3.8) is 0 Å². The lowest BCUT2D eigenvalue weighted by atomic mass is 9.46. The van der Waals surface area contributed by atoms with Gasteiger partial charge in [0.25, 0.3) is 0 Å². The highest BCUT2D eigenvalue weighted by atomic mass is 16.1. The number of Topliss-reactive ketones (excluding diaryl/α,β-unsaturated/α-hetero) is 1. The summed E-state index contributed by atoms with van der Waals surface area (Å²) in [6, 6.07) is 0. The third-order valence-corrected chi connectivity index (χ3v) is 13.3. The molecule has 0 aliphatic heterocycles. The Bertz CT molecular complexity index is 755. The number of carbonyl (C=O) groups is 1. The third kappa shape index (κ3) is 1.36. The van der Waals surface area contributed by atoms with Gasteiger partial charge in [-0.2, -0.15) is 0 Å². The van der Waals surface area contributed by atoms with Crippen molar-refractivity contribution in [3.8, 4) is 0 Å². The fourth-order valence-electron chi connectivity index (χ4n) is 13.5. The number of hydrogen-bond donors (Lipinski definition) is 0. The van der Waals surface area contributed by atoms with Gasteiger partial charge < -0.3 is 0 Å². The van der Waals surface area contributed by atoms with E-state index >= 15 is 0 Å². The van der Waals surface area contributed by atoms with Gasteiger partial charge in [-0.05, 0) is 141 Å². The van der Waals surface area contributed by atoms with Gasteiger partial charge in [0.2, 0.25) is 0 Å². The average molecular weight is 363 g/mol. The van der Waals surface area contributed by atoms with Crippen molar-refractivity contribution in [1.29, 1.82) is 0 Å². The zero-order chi connectivity index (χ0) is 17.2. The van der Waals surface area contributed by atoms with Gasteiger partial charge in [0, 0.05) is 11.8 Å². The van der Waals surface area contributed by atoms with E-state index in [9.17, 15) is 4.79 Å². The lowest BCUT2D eigenvalue weighted by Gasteiger charge is -2.58. The van der Waals surface area contributed by atoms with Gasteiger partial charge in [-0.3, -0.25) is 4.79 Å². The van der Waals surface area contributed by atoms with E-state index in [2.05, 4.69) is 0 Å². The number of ketones is 1. The van der Waals surface area contributed by atoms with Crippen molar-refractivity contribution in [1.82, 2.24) is 0 Å². The summed E-state index contributed by atoms with van der Waals surface area (Å²) >= 11 is 0. The number of carbonyl (C=O) groups excluding carboxylic acids is 1. The second-order valence-corrected chi connectivity index (χ2v) is 13.1. The molecule has 0 unspecified atom stereocenters. The largest absolute Gasteiger partial charge is 0.299 e. The van der Waals surface area contributed by atoms with Crippen LogP contribution in [0.3, 0.4) is 0 Å². The van der Waals surface area contributed by atoms with Crippen LogP contribution in [0.15, 0.2) is 0 Å².